The summed E-state index contributed by atoms with van der Waals surface area (Å²) < 4.78 is 0. The molecule has 0 amide bonds. The van der Waals surface area contributed by atoms with E-state index in [-0.39, 0.29) is 5.92 Å². The topological polar surface area (TPSA) is 12.4 Å². The molecule has 0 spiro atoms. The van der Waals surface area contributed by atoms with Gasteiger partial charge in [0.2, 0.25) is 0 Å². The maximum Gasteiger partial charge on any atom is 0.0529 e. The number of benzene rings is 6. The predicted molar refractivity (Wildman–Crippen MR) is 202 cm³/mol. The van der Waals surface area contributed by atoms with Gasteiger partial charge in [0.15, 0.2) is 0 Å². The van der Waals surface area contributed by atoms with Gasteiger partial charge in [-0.05, 0) is 91.7 Å². The Bertz CT molecular complexity index is 2190. The first-order chi connectivity index (χ1) is 23.8. The van der Waals surface area contributed by atoms with Gasteiger partial charge in [0.1, 0.15) is 0 Å². The van der Waals surface area contributed by atoms with Crippen molar-refractivity contribution in [3.05, 3.63) is 192 Å². The normalized spacial score (nSPS) is 20.5. The van der Waals surface area contributed by atoms with E-state index in [0.717, 1.165) is 19.4 Å². The molecule has 0 fully saturated rings. The second kappa shape index (κ2) is 11.9. The Morgan fingerprint density at radius 2 is 1.15 bits per heavy atom. The van der Waals surface area contributed by atoms with Crippen LogP contribution in [0.2, 0.25) is 0 Å². The zero-order valence-electron chi connectivity index (χ0n) is 27.0. The third kappa shape index (κ3) is 4.57. The van der Waals surface area contributed by atoms with Crippen LogP contribution in [0.15, 0.2) is 175 Å². The highest BCUT2D eigenvalue weighted by Crippen LogP contribution is 2.57. The fraction of sp³-hybridized carbons (Fsp3) is 0.128. The van der Waals surface area contributed by atoms with Gasteiger partial charge in [0, 0.05) is 12.5 Å². The molecule has 1 heteroatoms. The Kier molecular flexibility index (Phi) is 7.12. The molecule has 0 radical (unpaired) electrons. The number of aliphatic imine (C=N–C) groups is 1. The number of hydrogen-bond donors (Lipinski definition) is 0. The van der Waals surface area contributed by atoms with E-state index >= 15 is 0 Å². The third-order valence-corrected chi connectivity index (χ3v) is 10.8. The molecular formula is C47H37N. The molecule has 9 rings (SSSR count). The Labute approximate surface area is 283 Å². The summed E-state index contributed by atoms with van der Waals surface area (Å²) >= 11 is 0. The smallest absolute Gasteiger partial charge is 0.0529 e. The third-order valence-electron chi connectivity index (χ3n) is 10.8. The second-order valence-corrected chi connectivity index (χ2v) is 13.3. The minimum absolute atomic E-state index is 0.213. The summed E-state index contributed by atoms with van der Waals surface area (Å²) in [6.45, 7) is 0.902. The molecule has 3 aliphatic rings. The van der Waals surface area contributed by atoms with Crippen molar-refractivity contribution in [1.82, 2.24) is 0 Å². The van der Waals surface area contributed by atoms with Gasteiger partial charge in [-0.15, -0.1) is 0 Å². The lowest BCUT2D eigenvalue weighted by molar-refractivity contribution is 0.450. The Balaban J connectivity index is 1.31. The quantitative estimate of drug-likeness (QED) is 0.183. The van der Waals surface area contributed by atoms with Gasteiger partial charge in [-0.3, -0.25) is 4.99 Å². The summed E-state index contributed by atoms with van der Waals surface area (Å²) in [5.41, 5.74) is 15.2. The standard InChI is InChI=1S/C47H37N/c1-3-12-36(13-4-1)46-43-19-11-21-45(46)47(38-14-5-2-6-15-38,44-20-10-9-18-42(44)40-16-7-8-17-41(40)43)39-28-26-34(27-29-39)33-22-24-35(25-23-33)37-30-31-48-32-37/h1-14,16-29,31,37-38H,15,30,32H2. The molecule has 0 saturated heterocycles. The molecule has 2 bridgehead atoms. The summed E-state index contributed by atoms with van der Waals surface area (Å²) in [7, 11) is 0. The average molecular weight is 616 g/mol. The molecule has 0 aromatic heterocycles. The van der Waals surface area contributed by atoms with Crippen molar-refractivity contribution in [3.63, 3.8) is 0 Å². The average Bonchev–Trinajstić information content (AvgIpc) is 3.72. The summed E-state index contributed by atoms with van der Waals surface area (Å²) in [6.07, 6.45) is 13.3. The molecule has 6 aromatic rings. The summed E-state index contributed by atoms with van der Waals surface area (Å²) in [6, 6.07) is 54.8. The monoisotopic (exact) mass is 615 g/mol. The molecule has 1 heterocycles. The van der Waals surface area contributed by atoms with Crippen LogP contribution in [0, 0.1) is 5.92 Å². The lowest BCUT2D eigenvalue weighted by Crippen LogP contribution is -2.39. The van der Waals surface area contributed by atoms with Gasteiger partial charge in [-0.2, -0.15) is 0 Å². The number of allylic oxidation sites excluding steroid dienone is 4. The molecule has 1 nitrogen and oxygen atoms in total. The van der Waals surface area contributed by atoms with Crippen molar-refractivity contribution in [1.29, 1.82) is 0 Å². The highest BCUT2D eigenvalue weighted by Gasteiger charge is 2.46. The lowest BCUT2D eigenvalue weighted by Gasteiger charge is -2.45. The highest BCUT2D eigenvalue weighted by molar-refractivity contribution is 5.97. The zero-order valence-corrected chi connectivity index (χ0v) is 27.0. The largest absolute Gasteiger partial charge is 0.297 e. The van der Waals surface area contributed by atoms with Gasteiger partial charge >= 0.3 is 0 Å². The summed E-state index contributed by atoms with van der Waals surface area (Å²) in [5.74, 6) is 0.725. The van der Waals surface area contributed by atoms with E-state index in [1.165, 1.54) is 66.8 Å². The van der Waals surface area contributed by atoms with Crippen molar-refractivity contribution in [2.75, 3.05) is 6.54 Å². The van der Waals surface area contributed by atoms with Gasteiger partial charge in [-0.1, -0.05) is 170 Å². The number of rotatable bonds is 5. The van der Waals surface area contributed by atoms with E-state index in [0.29, 0.717) is 5.92 Å². The first-order valence-corrected chi connectivity index (χ1v) is 17.2. The van der Waals surface area contributed by atoms with Crippen LogP contribution in [-0.2, 0) is 5.41 Å². The molecule has 3 unspecified atom stereocenters. The molecule has 48 heavy (non-hydrogen) atoms. The lowest BCUT2D eigenvalue weighted by atomic mass is 9.56. The molecule has 3 atom stereocenters. The van der Waals surface area contributed by atoms with E-state index in [1.54, 1.807) is 0 Å². The maximum absolute atomic E-state index is 4.46. The Morgan fingerprint density at radius 3 is 1.85 bits per heavy atom. The van der Waals surface area contributed by atoms with E-state index in [2.05, 4.69) is 181 Å². The number of fused-ring (bicyclic) bond motifs is 6. The van der Waals surface area contributed by atoms with Gasteiger partial charge < -0.3 is 0 Å². The Hall–Kier alpha value is -5.53. The minimum Gasteiger partial charge on any atom is -0.297 e. The Morgan fingerprint density at radius 1 is 0.500 bits per heavy atom. The van der Waals surface area contributed by atoms with Gasteiger partial charge in [0.25, 0.3) is 0 Å². The van der Waals surface area contributed by atoms with Gasteiger partial charge in [-0.25, -0.2) is 0 Å². The van der Waals surface area contributed by atoms with E-state index in [4.69, 9.17) is 0 Å². The van der Waals surface area contributed by atoms with Crippen LogP contribution in [0.5, 0.6) is 0 Å². The first kappa shape index (κ1) is 28.7. The van der Waals surface area contributed by atoms with Crippen molar-refractivity contribution in [3.8, 4) is 44.5 Å². The molecule has 6 aromatic carbocycles. The van der Waals surface area contributed by atoms with Crippen molar-refractivity contribution < 1.29 is 0 Å². The van der Waals surface area contributed by atoms with Crippen LogP contribution in [0.1, 0.15) is 41.0 Å². The SMILES string of the molecule is C1=CCC(C2(c3ccc(-c4ccc(C5CC=NC5)cc4)cc3)c3ccccc3-c3ccccc3-c3cccc2c3-c2ccccc2)C=C1. The highest BCUT2D eigenvalue weighted by atomic mass is 14.7. The van der Waals surface area contributed by atoms with Crippen LogP contribution >= 0.6 is 0 Å². The predicted octanol–water partition coefficient (Wildman–Crippen LogP) is 11.7. The molecular weight excluding hydrogens is 579 g/mol. The van der Waals surface area contributed by atoms with Crippen LogP contribution in [-0.4, -0.2) is 12.8 Å². The fourth-order valence-corrected chi connectivity index (χ4v) is 8.60. The van der Waals surface area contributed by atoms with Crippen molar-refractivity contribution in [2.45, 2.75) is 24.2 Å². The second-order valence-electron chi connectivity index (χ2n) is 13.3. The molecule has 1 aliphatic heterocycles. The number of nitrogens with zero attached hydrogens (tertiary/aromatic N) is 1. The van der Waals surface area contributed by atoms with E-state index < -0.39 is 5.41 Å². The summed E-state index contributed by atoms with van der Waals surface area (Å²) in [4.78, 5) is 4.46. The van der Waals surface area contributed by atoms with Crippen molar-refractivity contribution >= 4 is 6.21 Å². The number of hydrogen-bond acceptors (Lipinski definition) is 1. The summed E-state index contributed by atoms with van der Waals surface area (Å²) in [5, 5.41) is 0. The van der Waals surface area contributed by atoms with Crippen LogP contribution < -0.4 is 0 Å². The van der Waals surface area contributed by atoms with Crippen molar-refractivity contribution in [2.24, 2.45) is 10.9 Å². The van der Waals surface area contributed by atoms with Crippen LogP contribution in [0.3, 0.4) is 0 Å². The van der Waals surface area contributed by atoms with Crippen LogP contribution in [0.25, 0.3) is 44.5 Å². The van der Waals surface area contributed by atoms with E-state index in [9.17, 15) is 0 Å². The molecule has 0 saturated carbocycles. The molecule has 2 aliphatic carbocycles. The van der Waals surface area contributed by atoms with Crippen LogP contribution in [0.4, 0.5) is 0 Å². The maximum atomic E-state index is 4.46. The molecule has 0 N–H and O–H groups in total. The first-order valence-electron chi connectivity index (χ1n) is 17.2. The zero-order chi connectivity index (χ0) is 31.9. The molecule has 230 valence electrons. The fourth-order valence-electron chi connectivity index (χ4n) is 8.60. The minimum atomic E-state index is -0.447. The van der Waals surface area contributed by atoms with E-state index in [1.807, 2.05) is 0 Å². The van der Waals surface area contributed by atoms with Gasteiger partial charge in [0.05, 0.1) is 5.41 Å².